The van der Waals surface area contributed by atoms with Crippen molar-refractivity contribution in [3.05, 3.63) is 68.6 Å². The van der Waals surface area contributed by atoms with Gasteiger partial charge in [0.25, 0.3) is 0 Å². The van der Waals surface area contributed by atoms with Crippen molar-refractivity contribution < 1.29 is 21.6 Å². The zero-order valence-electron chi connectivity index (χ0n) is 13.2. The second-order valence-electron chi connectivity index (χ2n) is 5.42. The minimum atomic E-state index is -4.46. The van der Waals surface area contributed by atoms with Crippen molar-refractivity contribution in [1.29, 1.82) is 0 Å². The average molecular weight is 453 g/mol. The lowest BCUT2D eigenvalue weighted by molar-refractivity contribution is -0.137. The highest BCUT2D eigenvalue weighted by molar-refractivity contribution is 7.93. The standard InChI is InChI=1S/C16H9Cl2F3N2O2S2/c17-12-5-4-11(8-13(12)18)27(24,25)15-23-22-14(26-15)7-9-2-1-3-10(6-9)16(19,20)21/h1-6,8H,7H2. The van der Waals surface area contributed by atoms with E-state index in [2.05, 4.69) is 10.2 Å². The van der Waals surface area contributed by atoms with Gasteiger partial charge < -0.3 is 0 Å². The van der Waals surface area contributed by atoms with Gasteiger partial charge >= 0.3 is 6.18 Å². The van der Waals surface area contributed by atoms with E-state index in [1.165, 1.54) is 30.3 Å². The van der Waals surface area contributed by atoms with Crippen LogP contribution in [0.1, 0.15) is 16.1 Å². The third-order valence-corrected chi connectivity index (χ3v) is 7.27. The van der Waals surface area contributed by atoms with Gasteiger partial charge in [-0.1, -0.05) is 52.7 Å². The van der Waals surface area contributed by atoms with Crippen molar-refractivity contribution in [2.24, 2.45) is 0 Å². The number of hydrogen-bond donors (Lipinski definition) is 0. The first kappa shape index (κ1) is 20.1. The van der Waals surface area contributed by atoms with Crippen LogP contribution in [0.15, 0.2) is 51.7 Å². The van der Waals surface area contributed by atoms with Crippen LogP contribution in [0, 0.1) is 0 Å². The second-order valence-corrected chi connectivity index (χ2v) is 9.42. The predicted molar refractivity (Wildman–Crippen MR) is 96.1 cm³/mol. The van der Waals surface area contributed by atoms with Gasteiger partial charge in [-0.15, -0.1) is 10.2 Å². The van der Waals surface area contributed by atoms with Gasteiger partial charge in [0.1, 0.15) is 5.01 Å². The number of hydrogen-bond acceptors (Lipinski definition) is 5. The van der Waals surface area contributed by atoms with Crippen LogP contribution in [0.4, 0.5) is 13.2 Å². The van der Waals surface area contributed by atoms with E-state index in [0.717, 1.165) is 23.5 Å². The Hall–Kier alpha value is -1.68. The monoisotopic (exact) mass is 452 g/mol. The molecule has 0 bridgehead atoms. The molecule has 0 aliphatic heterocycles. The first-order valence-electron chi connectivity index (χ1n) is 7.26. The van der Waals surface area contributed by atoms with Crippen LogP contribution in [0.2, 0.25) is 10.0 Å². The Morgan fingerprint density at radius 2 is 1.74 bits per heavy atom. The van der Waals surface area contributed by atoms with Gasteiger partial charge in [0.2, 0.25) is 14.2 Å². The summed E-state index contributed by atoms with van der Waals surface area (Å²) in [6, 6.07) is 8.58. The highest BCUT2D eigenvalue weighted by Crippen LogP contribution is 2.32. The molecule has 0 saturated carbocycles. The lowest BCUT2D eigenvalue weighted by Gasteiger charge is -2.07. The molecular weight excluding hydrogens is 444 g/mol. The first-order valence-corrected chi connectivity index (χ1v) is 10.3. The van der Waals surface area contributed by atoms with E-state index in [0.29, 0.717) is 5.56 Å². The van der Waals surface area contributed by atoms with Crippen LogP contribution in [-0.2, 0) is 22.4 Å². The van der Waals surface area contributed by atoms with E-state index < -0.39 is 21.6 Å². The fourth-order valence-electron chi connectivity index (χ4n) is 2.20. The van der Waals surface area contributed by atoms with Crippen LogP contribution in [0.25, 0.3) is 0 Å². The fourth-order valence-corrected chi connectivity index (χ4v) is 5.05. The maximum Gasteiger partial charge on any atom is 0.416 e. The Balaban J connectivity index is 1.87. The van der Waals surface area contributed by atoms with E-state index in [1.54, 1.807) is 0 Å². The van der Waals surface area contributed by atoms with Crippen LogP contribution >= 0.6 is 34.5 Å². The summed E-state index contributed by atoms with van der Waals surface area (Å²) in [6.07, 6.45) is -4.43. The molecule has 0 aliphatic carbocycles. The molecule has 11 heteroatoms. The summed E-state index contributed by atoms with van der Waals surface area (Å²) in [6.45, 7) is 0. The Morgan fingerprint density at radius 1 is 1.00 bits per heavy atom. The Labute approximate surface area is 166 Å². The number of alkyl halides is 3. The molecular formula is C16H9Cl2F3N2O2S2. The zero-order chi connectivity index (χ0) is 19.8. The molecule has 0 saturated heterocycles. The largest absolute Gasteiger partial charge is 0.416 e. The lowest BCUT2D eigenvalue weighted by Crippen LogP contribution is -2.05. The Bertz CT molecular complexity index is 1100. The molecule has 0 spiro atoms. The molecule has 0 atom stereocenters. The summed E-state index contributed by atoms with van der Waals surface area (Å²) in [5, 5.41) is 8.00. The second kappa shape index (κ2) is 7.38. The molecule has 0 aliphatic rings. The van der Waals surface area contributed by atoms with Crippen LogP contribution < -0.4 is 0 Å². The van der Waals surface area contributed by atoms with Gasteiger partial charge in [0.15, 0.2) is 0 Å². The molecule has 4 nitrogen and oxygen atoms in total. The van der Waals surface area contributed by atoms with Crippen molar-refractivity contribution >= 4 is 44.4 Å². The van der Waals surface area contributed by atoms with Gasteiger partial charge in [0, 0.05) is 6.42 Å². The molecule has 0 fully saturated rings. The predicted octanol–water partition coefficient (Wildman–Crippen LogP) is 5.29. The van der Waals surface area contributed by atoms with Crippen molar-refractivity contribution in [3.8, 4) is 0 Å². The summed E-state index contributed by atoms with van der Waals surface area (Å²) >= 11 is 12.4. The molecule has 3 rings (SSSR count). The molecule has 0 radical (unpaired) electrons. The van der Waals surface area contributed by atoms with Crippen molar-refractivity contribution in [3.63, 3.8) is 0 Å². The summed E-state index contributed by atoms with van der Waals surface area (Å²) < 4.78 is 63.3. The summed E-state index contributed by atoms with van der Waals surface area (Å²) in [5.74, 6) is 0. The molecule has 1 aromatic heterocycles. The van der Waals surface area contributed by atoms with E-state index >= 15 is 0 Å². The lowest BCUT2D eigenvalue weighted by atomic mass is 10.1. The normalized spacial score (nSPS) is 12.3. The number of sulfone groups is 1. The van der Waals surface area contributed by atoms with E-state index in [-0.39, 0.29) is 30.7 Å². The van der Waals surface area contributed by atoms with Gasteiger partial charge in [0.05, 0.1) is 20.5 Å². The Morgan fingerprint density at radius 3 is 2.41 bits per heavy atom. The minimum absolute atomic E-state index is 0.0263. The third kappa shape index (κ3) is 4.43. The summed E-state index contributed by atoms with van der Waals surface area (Å²) in [5.41, 5.74) is -0.437. The molecule has 3 aromatic rings. The topological polar surface area (TPSA) is 59.9 Å². The molecule has 142 valence electrons. The molecule has 27 heavy (non-hydrogen) atoms. The minimum Gasteiger partial charge on any atom is -0.216 e. The third-order valence-electron chi connectivity index (χ3n) is 3.49. The summed E-state index contributed by atoms with van der Waals surface area (Å²) in [4.78, 5) is -0.0985. The number of rotatable bonds is 4. The highest BCUT2D eigenvalue weighted by atomic mass is 35.5. The van der Waals surface area contributed by atoms with Crippen molar-refractivity contribution in [1.82, 2.24) is 10.2 Å². The van der Waals surface area contributed by atoms with Gasteiger partial charge in [-0.05, 0) is 29.8 Å². The fraction of sp³-hybridized carbons (Fsp3) is 0.125. The van der Waals surface area contributed by atoms with E-state index in [9.17, 15) is 21.6 Å². The van der Waals surface area contributed by atoms with Crippen molar-refractivity contribution in [2.45, 2.75) is 21.8 Å². The number of nitrogens with zero attached hydrogens (tertiary/aromatic N) is 2. The molecule has 0 N–H and O–H groups in total. The van der Waals surface area contributed by atoms with Crippen LogP contribution in [0.3, 0.4) is 0 Å². The zero-order valence-corrected chi connectivity index (χ0v) is 16.3. The average Bonchev–Trinajstić information content (AvgIpc) is 3.06. The molecule has 2 aromatic carbocycles. The SMILES string of the molecule is O=S(=O)(c1ccc(Cl)c(Cl)c1)c1nnc(Cc2cccc(C(F)(F)F)c2)s1. The maximum absolute atomic E-state index is 12.8. The van der Waals surface area contributed by atoms with Gasteiger partial charge in [-0.2, -0.15) is 13.2 Å². The first-order chi connectivity index (χ1) is 12.6. The van der Waals surface area contributed by atoms with E-state index in [4.69, 9.17) is 23.2 Å². The molecule has 1 heterocycles. The number of halogens is 5. The number of benzene rings is 2. The smallest absolute Gasteiger partial charge is 0.216 e. The summed E-state index contributed by atoms with van der Waals surface area (Å²) in [7, 11) is -3.96. The van der Waals surface area contributed by atoms with Crippen LogP contribution in [-0.4, -0.2) is 18.6 Å². The van der Waals surface area contributed by atoms with Gasteiger partial charge in [-0.3, -0.25) is 0 Å². The highest BCUT2D eigenvalue weighted by Gasteiger charge is 2.30. The molecule has 0 amide bonds. The van der Waals surface area contributed by atoms with E-state index in [1.807, 2.05) is 0 Å². The quantitative estimate of drug-likeness (QED) is 0.539. The Kier molecular flexibility index (Phi) is 5.49. The van der Waals surface area contributed by atoms with Gasteiger partial charge in [-0.25, -0.2) is 8.42 Å². The van der Waals surface area contributed by atoms with Crippen LogP contribution in [0.5, 0.6) is 0 Å². The molecule has 0 unspecified atom stereocenters. The maximum atomic E-state index is 12.8. The number of aromatic nitrogens is 2. The van der Waals surface area contributed by atoms with Crippen molar-refractivity contribution in [2.75, 3.05) is 0 Å².